The second kappa shape index (κ2) is 5.01. The van der Waals surface area contributed by atoms with Crippen molar-refractivity contribution in [1.82, 2.24) is 0 Å². The fourth-order valence-electron chi connectivity index (χ4n) is 0.602. The van der Waals surface area contributed by atoms with Crippen molar-refractivity contribution in [3.8, 4) is 12.0 Å². The summed E-state index contributed by atoms with van der Waals surface area (Å²) in [6.45, 7) is 1.82. The summed E-state index contributed by atoms with van der Waals surface area (Å²) >= 11 is 0. The summed E-state index contributed by atoms with van der Waals surface area (Å²) in [6.07, 6.45) is 3.83. The molecule has 0 unspecified atom stereocenters. The van der Waals surface area contributed by atoms with Crippen molar-refractivity contribution in [2.24, 2.45) is 0 Å². The van der Waals surface area contributed by atoms with Crippen molar-refractivity contribution in [1.29, 1.82) is 0 Å². The van der Waals surface area contributed by atoms with Crippen LogP contribution < -0.4 is 21.5 Å². The third-order valence-corrected chi connectivity index (χ3v) is 0.956. The number of pyridine rings is 1. The SMILES string of the molecule is CC#C[n+]1ccccc1.[Br-]. The summed E-state index contributed by atoms with van der Waals surface area (Å²) in [4.78, 5) is 0. The van der Waals surface area contributed by atoms with E-state index in [1.807, 2.05) is 42.1 Å². The Labute approximate surface area is 71.5 Å². The van der Waals surface area contributed by atoms with E-state index in [0.717, 1.165) is 0 Å². The first-order valence-corrected chi connectivity index (χ1v) is 2.82. The van der Waals surface area contributed by atoms with Gasteiger partial charge in [-0.05, 0) is 5.92 Å². The van der Waals surface area contributed by atoms with E-state index in [1.54, 1.807) is 0 Å². The van der Waals surface area contributed by atoms with Crippen molar-refractivity contribution in [2.75, 3.05) is 0 Å². The van der Waals surface area contributed by atoms with Crippen molar-refractivity contribution in [3.05, 3.63) is 30.6 Å². The van der Waals surface area contributed by atoms with E-state index >= 15 is 0 Å². The second-order valence-electron chi connectivity index (χ2n) is 1.64. The molecule has 0 aliphatic rings. The first kappa shape index (κ1) is 9.19. The summed E-state index contributed by atoms with van der Waals surface area (Å²) in [7, 11) is 0. The molecule has 2 heteroatoms. The van der Waals surface area contributed by atoms with Gasteiger partial charge in [0.15, 0.2) is 12.4 Å². The van der Waals surface area contributed by atoms with E-state index < -0.39 is 0 Å². The minimum atomic E-state index is 0. The maximum Gasteiger partial charge on any atom is 0.228 e. The zero-order valence-corrected chi connectivity index (χ0v) is 7.30. The first-order valence-electron chi connectivity index (χ1n) is 2.82. The van der Waals surface area contributed by atoms with E-state index in [0.29, 0.717) is 0 Å². The summed E-state index contributed by atoms with van der Waals surface area (Å²) in [5.41, 5.74) is 0. The van der Waals surface area contributed by atoms with Crippen LogP contribution in [0.25, 0.3) is 0 Å². The van der Waals surface area contributed by atoms with Gasteiger partial charge >= 0.3 is 0 Å². The predicted molar refractivity (Wildman–Crippen MR) is 35.5 cm³/mol. The number of hydrogen-bond donors (Lipinski definition) is 0. The van der Waals surface area contributed by atoms with E-state index in [4.69, 9.17) is 0 Å². The van der Waals surface area contributed by atoms with Gasteiger partial charge in [-0.25, -0.2) is 0 Å². The topological polar surface area (TPSA) is 3.88 Å². The smallest absolute Gasteiger partial charge is 0.228 e. The highest BCUT2D eigenvalue weighted by molar-refractivity contribution is 4.89. The van der Waals surface area contributed by atoms with E-state index in [-0.39, 0.29) is 17.0 Å². The molecule has 0 fully saturated rings. The highest BCUT2D eigenvalue weighted by Crippen LogP contribution is 1.73. The fraction of sp³-hybridized carbons (Fsp3) is 0.125. The maximum absolute atomic E-state index is 2.87. The van der Waals surface area contributed by atoms with E-state index in [1.165, 1.54) is 0 Å². The highest BCUT2D eigenvalue weighted by Gasteiger charge is 1.85. The molecule has 0 spiro atoms. The van der Waals surface area contributed by atoms with Gasteiger partial charge in [0, 0.05) is 19.1 Å². The Morgan fingerprint density at radius 1 is 1.10 bits per heavy atom. The molecule has 0 N–H and O–H groups in total. The highest BCUT2D eigenvalue weighted by atomic mass is 79.9. The number of aromatic nitrogens is 1. The molecule has 0 saturated heterocycles. The Hall–Kier alpha value is -0.810. The molecule has 1 rings (SSSR count). The van der Waals surface area contributed by atoms with Crippen LogP contribution in [0.2, 0.25) is 0 Å². The van der Waals surface area contributed by atoms with Crippen molar-refractivity contribution >= 4 is 0 Å². The van der Waals surface area contributed by atoms with Gasteiger partial charge in [-0.1, -0.05) is 6.07 Å². The molecule has 1 aromatic heterocycles. The summed E-state index contributed by atoms with van der Waals surface area (Å²) in [5.74, 6) is 2.80. The predicted octanol–water partition coefficient (Wildman–Crippen LogP) is -2.19. The normalized spacial score (nSPS) is 6.90. The Morgan fingerprint density at radius 2 is 1.70 bits per heavy atom. The molecular formula is C8H8BrN. The van der Waals surface area contributed by atoms with Crippen LogP contribution in [0.5, 0.6) is 0 Å². The van der Waals surface area contributed by atoms with Gasteiger partial charge in [-0.15, -0.1) is 4.57 Å². The van der Waals surface area contributed by atoms with Crippen LogP contribution >= 0.6 is 0 Å². The second-order valence-corrected chi connectivity index (χ2v) is 1.64. The van der Waals surface area contributed by atoms with Crippen LogP contribution in [-0.4, -0.2) is 0 Å². The average Bonchev–Trinajstić information content (AvgIpc) is 1.91. The Bertz CT molecular complexity index is 232. The number of halogens is 1. The maximum atomic E-state index is 2.87. The molecule has 0 bridgehead atoms. The number of rotatable bonds is 0. The van der Waals surface area contributed by atoms with Crippen molar-refractivity contribution in [2.45, 2.75) is 6.92 Å². The van der Waals surface area contributed by atoms with Gasteiger partial charge in [-0.2, -0.15) is 0 Å². The molecule has 10 heavy (non-hydrogen) atoms. The third-order valence-electron chi connectivity index (χ3n) is 0.956. The summed E-state index contributed by atoms with van der Waals surface area (Å²) < 4.78 is 1.82. The first-order chi connectivity index (χ1) is 4.43. The van der Waals surface area contributed by atoms with Crippen molar-refractivity contribution < 1.29 is 21.5 Å². The minimum Gasteiger partial charge on any atom is -1.00 e. The average molecular weight is 198 g/mol. The lowest BCUT2D eigenvalue weighted by Crippen LogP contribution is -3.00. The zero-order chi connectivity index (χ0) is 6.53. The molecule has 0 aliphatic heterocycles. The lowest BCUT2D eigenvalue weighted by atomic mass is 10.5. The van der Waals surface area contributed by atoms with Gasteiger partial charge in [-0.3, -0.25) is 0 Å². The van der Waals surface area contributed by atoms with Crippen LogP contribution in [0.3, 0.4) is 0 Å². The molecule has 1 aromatic rings. The van der Waals surface area contributed by atoms with Gasteiger partial charge in [0.2, 0.25) is 6.04 Å². The quantitative estimate of drug-likeness (QED) is 0.329. The minimum absolute atomic E-state index is 0. The van der Waals surface area contributed by atoms with Crippen molar-refractivity contribution in [3.63, 3.8) is 0 Å². The molecular weight excluding hydrogens is 190 g/mol. The Morgan fingerprint density at radius 3 is 2.20 bits per heavy atom. The van der Waals surface area contributed by atoms with Gasteiger partial charge in [0.25, 0.3) is 0 Å². The molecule has 52 valence electrons. The van der Waals surface area contributed by atoms with Crippen LogP contribution in [0.1, 0.15) is 6.92 Å². The molecule has 1 nitrogen and oxygen atoms in total. The molecule has 1 heterocycles. The Balaban J connectivity index is 0.000000810. The van der Waals surface area contributed by atoms with Crippen LogP contribution in [0.4, 0.5) is 0 Å². The molecule has 0 aliphatic carbocycles. The fourth-order valence-corrected chi connectivity index (χ4v) is 0.602. The lowest BCUT2D eigenvalue weighted by molar-refractivity contribution is -0.583. The number of hydrogen-bond acceptors (Lipinski definition) is 0. The Kier molecular flexibility index (Phi) is 4.61. The molecule has 0 atom stereocenters. The lowest BCUT2D eigenvalue weighted by Gasteiger charge is -1.76. The van der Waals surface area contributed by atoms with Crippen LogP contribution in [0, 0.1) is 12.0 Å². The zero-order valence-electron chi connectivity index (χ0n) is 5.71. The summed E-state index contributed by atoms with van der Waals surface area (Å²) in [5, 5.41) is 0. The van der Waals surface area contributed by atoms with E-state index in [2.05, 4.69) is 12.0 Å². The third kappa shape index (κ3) is 2.65. The monoisotopic (exact) mass is 197 g/mol. The largest absolute Gasteiger partial charge is 1.00 e. The van der Waals surface area contributed by atoms with Gasteiger partial charge < -0.3 is 17.0 Å². The standard InChI is InChI=1S/C8H8N.BrH/c1-2-6-9-7-4-3-5-8-9;/h3-5,7-8H,1H3;1H/q+1;/p-1. The van der Waals surface area contributed by atoms with E-state index in [9.17, 15) is 0 Å². The van der Waals surface area contributed by atoms with Crippen LogP contribution in [-0.2, 0) is 0 Å². The molecule has 0 saturated carbocycles. The van der Waals surface area contributed by atoms with Crippen LogP contribution in [0.15, 0.2) is 30.6 Å². The van der Waals surface area contributed by atoms with Gasteiger partial charge in [0.05, 0.1) is 0 Å². The summed E-state index contributed by atoms with van der Waals surface area (Å²) in [6, 6.07) is 8.74. The van der Waals surface area contributed by atoms with Gasteiger partial charge in [0.1, 0.15) is 0 Å². The number of nitrogens with zero attached hydrogens (tertiary/aromatic N) is 1. The molecule has 0 radical (unpaired) electrons. The molecule has 0 amide bonds. The molecule has 0 aromatic carbocycles.